The second kappa shape index (κ2) is 7.87. The third kappa shape index (κ3) is 3.68. The van der Waals surface area contributed by atoms with Crippen molar-refractivity contribution in [3.8, 4) is 17.1 Å². The molecule has 2 heterocycles. The van der Waals surface area contributed by atoms with Crippen molar-refractivity contribution in [2.24, 2.45) is 0 Å². The van der Waals surface area contributed by atoms with E-state index >= 15 is 0 Å². The summed E-state index contributed by atoms with van der Waals surface area (Å²) in [7, 11) is 1.57. The molecule has 0 spiro atoms. The zero-order valence-electron chi connectivity index (χ0n) is 15.2. The van der Waals surface area contributed by atoms with Crippen molar-refractivity contribution >= 4 is 16.9 Å². The lowest BCUT2D eigenvalue weighted by Crippen LogP contribution is -2.08. The Bertz CT molecular complexity index is 1120. The highest BCUT2D eigenvalue weighted by molar-refractivity contribution is 5.85. The number of fused-ring (bicyclic) bond motifs is 1. The number of hydrogen-bond donors (Lipinski definition) is 0. The fourth-order valence-electron chi connectivity index (χ4n) is 2.91. The number of carbonyl (C=O) groups excluding carboxylic acids is 1. The molecule has 2 aromatic heterocycles. The number of para-hydroxylation sites is 2. The molecule has 0 aliphatic rings. The van der Waals surface area contributed by atoms with Crippen molar-refractivity contribution in [2.45, 2.75) is 13.0 Å². The Morgan fingerprint density at radius 3 is 2.82 bits per heavy atom. The fourth-order valence-corrected chi connectivity index (χ4v) is 2.91. The molecule has 0 unspecified atom stereocenters. The van der Waals surface area contributed by atoms with Gasteiger partial charge in [-0.1, -0.05) is 41.6 Å². The Kier molecular flexibility index (Phi) is 4.97. The summed E-state index contributed by atoms with van der Waals surface area (Å²) in [4.78, 5) is 20.9. The van der Waals surface area contributed by atoms with E-state index in [1.807, 2.05) is 54.6 Å². The van der Waals surface area contributed by atoms with Crippen molar-refractivity contribution < 1.29 is 18.8 Å². The highest BCUT2D eigenvalue weighted by Crippen LogP contribution is 2.27. The number of pyridine rings is 1. The normalized spacial score (nSPS) is 10.8. The number of methoxy groups -OCH3 is 1. The predicted molar refractivity (Wildman–Crippen MR) is 102 cm³/mol. The lowest BCUT2D eigenvalue weighted by molar-refractivity contribution is -0.144. The zero-order valence-corrected chi connectivity index (χ0v) is 15.2. The third-order valence-corrected chi connectivity index (χ3v) is 4.22. The van der Waals surface area contributed by atoms with E-state index in [9.17, 15) is 4.79 Å². The molecule has 0 saturated heterocycles. The molecule has 4 rings (SSSR count). The molecule has 0 fully saturated rings. The van der Waals surface area contributed by atoms with Crippen molar-refractivity contribution in [2.75, 3.05) is 7.11 Å². The van der Waals surface area contributed by atoms with Crippen LogP contribution >= 0.6 is 0 Å². The summed E-state index contributed by atoms with van der Waals surface area (Å²) >= 11 is 0. The number of hydrogen-bond acceptors (Lipinski definition) is 7. The Morgan fingerprint density at radius 1 is 1.07 bits per heavy atom. The van der Waals surface area contributed by atoms with E-state index in [0.717, 1.165) is 16.5 Å². The molecule has 0 aliphatic heterocycles. The number of carbonyl (C=O) groups is 1. The number of rotatable bonds is 6. The van der Waals surface area contributed by atoms with Gasteiger partial charge in [-0.2, -0.15) is 4.98 Å². The lowest BCUT2D eigenvalue weighted by Gasteiger charge is -2.05. The smallest absolute Gasteiger partial charge is 0.310 e. The van der Waals surface area contributed by atoms with Crippen LogP contribution in [-0.2, 0) is 22.6 Å². The summed E-state index contributed by atoms with van der Waals surface area (Å²) in [6.07, 6.45) is 1.82. The molecular weight excluding hydrogens is 358 g/mol. The quantitative estimate of drug-likeness (QED) is 0.476. The van der Waals surface area contributed by atoms with Crippen LogP contribution in [0.1, 0.15) is 11.5 Å². The second-order valence-electron chi connectivity index (χ2n) is 6.04. The maximum absolute atomic E-state index is 12.2. The number of ether oxygens (including phenoxy) is 2. The Labute approximate surface area is 160 Å². The van der Waals surface area contributed by atoms with Gasteiger partial charge >= 0.3 is 5.97 Å². The van der Waals surface area contributed by atoms with Gasteiger partial charge in [0.25, 0.3) is 5.89 Å². The molecule has 0 atom stereocenters. The Balaban J connectivity index is 1.42. The average Bonchev–Trinajstić information content (AvgIpc) is 3.21. The van der Waals surface area contributed by atoms with Gasteiger partial charge in [0.15, 0.2) is 6.61 Å². The maximum Gasteiger partial charge on any atom is 0.310 e. The van der Waals surface area contributed by atoms with E-state index in [2.05, 4.69) is 15.1 Å². The summed E-state index contributed by atoms with van der Waals surface area (Å²) in [6.45, 7) is -0.0980. The van der Waals surface area contributed by atoms with E-state index < -0.39 is 5.97 Å². The van der Waals surface area contributed by atoms with Gasteiger partial charge in [0.05, 0.1) is 24.6 Å². The summed E-state index contributed by atoms with van der Waals surface area (Å²) in [5.74, 6) is 0.831. The highest BCUT2D eigenvalue weighted by Gasteiger charge is 2.15. The van der Waals surface area contributed by atoms with Crippen LogP contribution in [0.25, 0.3) is 22.3 Å². The zero-order chi connectivity index (χ0) is 19.3. The number of aromatic nitrogens is 3. The van der Waals surface area contributed by atoms with Crippen LogP contribution in [0, 0.1) is 0 Å². The SMILES string of the molecule is COc1ccccc1-c1noc(COC(=O)Cc2cccc3cccnc23)n1. The van der Waals surface area contributed by atoms with Gasteiger partial charge in [0.2, 0.25) is 5.82 Å². The molecule has 7 heteroatoms. The van der Waals surface area contributed by atoms with Crippen LogP contribution in [0.2, 0.25) is 0 Å². The molecule has 4 aromatic rings. The topological polar surface area (TPSA) is 87.3 Å². The first-order valence-electron chi connectivity index (χ1n) is 8.69. The van der Waals surface area contributed by atoms with Crippen molar-refractivity contribution in [3.05, 3.63) is 72.2 Å². The van der Waals surface area contributed by atoms with Crippen molar-refractivity contribution in [3.63, 3.8) is 0 Å². The standard InChI is InChI=1S/C21H17N3O4/c1-26-17-10-3-2-9-16(17)21-23-18(28-24-21)13-27-19(25)12-15-7-4-6-14-8-5-11-22-20(14)15/h2-11H,12-13H2,1H3. The predicted octanol–water partition coefficient (Wildman–Crippen LogP) is 3.58. The average molecular weight is 375 g/mol. The largest absolute Gasteiger partial charge is 0.496 e. The molecule has 0 amide bonds. The molecule has 0 saturated carbocycles. The molecule has 0 N–H and O–H groups in total. The van der Waals surface area contributed by atoms with E-state index in [-0.39, 0.29) is 18.9 Å². The maximum atomic E-state index is 12.2. The molecule has 0 aliphatic carbocycles. The van der Waals surface area contributed by atoms with Crippen molar-refractivity contribution in [1.82, 2.24) is 15.1 Å². The van der Waals surface area contributed by atoms with Crippen LogP contribution < -0.4 is 4.74 Å². The van der Waals surface area contributed by atoms with Gasteiger partial charge in [-0.15, -0.1) is 0 Å². The minimum absolute atomic E-state index is 0.0980. The first-order valence-corrected chi connectivity index (χ1v) is 8.69. The van der Waals surface area contributed by atoms with Crippen molar-refractivity contribution in [1.29, 1.82) is 0 Å². The molecule has 0 bridgehead atoms. The van der Waals surface area contributed by atoms with E-state index in [4.69, 9.17) is 14.0 Å². The Morgan fingerprint density at radius 2 is 1.93 bits per heavy atom. The highest BCUT2D eigenvalue weighted by atomic mass is 16.6. The van der Waals surface area contributed by atoms with Gasteiger partial charge in [-0.25, -0.2) is 0 Å². The molecule has 0 radical (unpaired) electrons. The van der Waals surface area contributed by atoms with E-state index in [1.165, 1.54) is 0 Å². The van der Waals surface area contributed by atoms with Crippen LogP contribution in [0.15, 0.2) is 65.3 Å². The van der Waals surface area contributed by atoms with Gasteiger partial charge in [-0.05, 0) is 23.8 Å². The molecule has 28 heavy (non-hydrogen) atoms. The first-order chi connectivity index (χ1) is 13.7. The molecule has 7 nitrogen and oxygen atoms in total. The number of nitrogens with zero attached hydrogens (tertiary/aromatic N) is 3. The molecule has 2 aromatic carbocycles. The van der Waals surface area contributed by atoms with Crippen LogP contribution in [0.5, 0.6) is 5.75 Å². The van der Waals surface area contributed by atoms with Crippen LogP contribution in [0.3, 0.4) is 0 Å². The fraction of sp³-hybridized carbons (Fsp3) is 0.143. The lowest BCUT2D eigenvalue weighted by atomic mass is 10.1. The third-order valence-electron chi connectivity index (χ3n) is 4.22. The van der Waals surface area contributed by atoms with E-state index in [1.54, 1.807) is 13.3 Å². The summed E-state index contributed by atoms with van der Waals surface area (Å²) in [5.41, 5.74) is 2.30. The molecular formula is C21H17N3O4. The second-order valence-corrected chi connectivity index (χ2v) is 6.04. The minimum atomic E-state index is -0.393. The van der Waals surface area contributed by atoms with Crippen LogP contribution in [-0.4, -0.2) is 28.2 Å². The van der Waals surface area contributed by atoms with E-state index in [0.29, 0.717) is 17.1 Å². The summed E-state index contributed by atoms with van der Waals surface area (Å²) < 4.78 is 15.8. The minimum Gasteiger partial charge on any atom is -0.496 e. The van der Waals surface area contributed by atoms with Gasteiger partial charge < -0.3 is 14.0 Å². The van der Waals surface area contributed by atoms with Crippen LogP contribution in [0.4, 0.5) is 0 Å². The van der Waals surface area contributed by atoms with Gasteiger partial charge in [0.1, 0.15) is 5.75 Å². The summed E-state index contributed by atoms with van der Waals surface area (Å²) in [5, 5.41) is 4.91. The number of esters is 1. The van der Waals surface area contributed by atoms with Gasteiger partial charge in [-0.3, -0.25) is 9.78 Å². The summed E-state index contributed by atoms with van der Waals surface area (Å²) in [6, 6.07) is 16.9. The number of benzene rings is 2. The molecule has 140 valence electrons. The Hall–Kier alpha value is -3.74. The monoisotopic (exact) mass is 375 g/mol. The first kappa shape index (κ1) is 17.7. The van der Waals surface area contributed by atoms with Gasteiger partial charge in [0, 0.05) is 11.6 Å².